The topological polar surface area (TPSA) is 76.0 Å². The van der Waals surface area contributed by atoms with E-state index in [0.29, 0.717) is 31.5 Å². The number of hydrogen-bond donors (Lipinski definition) is 2. The number of amides is 2. The lowest BCUT2D eigenvalue weighted by Gasteiger charge is -2.07. The third kappa shape index (κ3) is 6.72. The molecule has 0 aliphatic heterocycles. The molecule has 110 valence electrons. The van der Waals surface area contributed by atoms with Crippen molar-refractivity contribution in [3.63, 3.8) is 0 Å². The molecule has 2 N–H and O–H groups in total. The monoisotopic (exact) mass is 278 g/mol. The van der Waals surface area contributed by atoms with Gasteiger partial charge < -0.3 is 15.2 Å². The third-order valence-electron chi connectivity index (χ3n) is 2.73. The fraction of sp³-hybridized carbons (Fsp3) is 0.500. The molecule has 0 unspecified atom stereocenters. The van der Waals surface area contributed by atoms with Crippen molar-refractivity contribution < 1.29 is 9.59 Å². The van der Waals surface area contributed by atoms with Crippen molar-refractivity contribution in [2.75, 3.05) is 13.1 Å². The first kappa shape index (κ1) is 15.9. The van der Waals surface area contributed by atoms with Crippen LogP contribution < -0.4 is 10.6 Å². The van der Waals surface area contributed by atoms with Crippen LogP contribution in [0.25, 0.3) is 0 Å². The predicted octanol–water partition coefficient (Wildman–Crippen LogP) is 0.862. The molecule has 0 aliphatic carbocycles. The summed E-state index contributed by atoms with van der Waals surface area (Å²) in [5, 5.41) is 5.55. The molecule has 0 fully saturated rings. The van der Waals surface area contributed by atoms with Crippen LogP contribution in [0, 0.1) is 0 Å². The molecule has 0 spiro atoms. The first-order chi connectivity index (χ1) is 9.59. The van der Waals surface area contributed by atoms with E-state index in [1.165, 1.54) is 0 Å². The maximum Gasteiger partial charge on any atom is 0.246 e. The first-order valence-corrected chi connectivity index (χ1v) is 6.75. The van der Waals surface area contributed by atoms with Gasteiger partial charge in [0, 0.05) is 44.0 Å². The highest BCUT2D eigenvalue weighted by Gasteiger charge is 2.02. The molecule has 0 saturated carbocycles. The summed E-state index contributed by atoms with van der Waals surface area (Å²) in [5.41, 5.74) is 0.494. The van der Waals surface area contributed by atoms with Gasteiger partial charge in [-0.3, -0.25) is 9.59 Å². The van der Waals surface area contributed by atoms with Crippen LogP contribution in [0.2, 0.25) is 0 Å². The van der Waals surface area contributed by atoms with E-state index in [1.54, 1.807) is 19.4 Å². The van der Waals surface area contributed by atoms with E-state index in [2.05, 4.69) is 22.2 Å². The second kappa shape index (κ2) is 8.90. The van der Waals surface area contributed by atoms with Crippen molar-refractivity contribution in [1.29, 1.82) is 0 Å². The lowest BCUT2D eigenvalue weighted by molar-refractivity contribution is -0.121. The van der Waals surface area contributed by atoms with Crippen LogP contribution in [0.1, 0.15) is 26.2 Å². The standard InChI is InChI=1S/C14H22N4O2/c1-12(2)14(20)17-7-4-6-16-13(19)5-3-9-18-10-8-15-11-18/h8,10-11H,1,3-7,9H2,2H3,(H,16,19)(H,17,20). The summed E-state index contributed by atoms with van der Waals surface area (Å²) >= 11 is 0. The summed E-state index contributed by atoms with van der Waals surface area (Å²) in [7, 11) is 0. The smallest absolute Gasteiger partial charge is 0.246 e. The van der Waals surface area contributed by atoms with Crippen LogP contribution in [-0.2, 0) is 16.1 Å². The first-order valence-electron chi connectivity index (χ1n) is 6.75. The number of hydrogen-bond acceptors (Lipinski definition) is 3. The largest absolute Gasteiger partial charge is 0.356 e. The Balaban J connectivity index is 1.97. The highest BCUT2D eigenvalue weighted by molar-refractivity contribution is 5.92. The van der Waals surface area contributed by atoms with Gasteiger partial charge in [-0.25, -0.2) is 4.98 Å². The second-order valence-electron chi connectivity index (χ2n) is 4.64. The molecule has 2 amide bonds. The fourth-order valence-corrected chi connectivity index (χ4v) is 1.60. The van der Waals surface area contributed by atoms with Crippen molar-refractivity contribution in [2.24, 2.45) is 0 Å². The number of carbonyl (C=O) groups excluding carboxylic acids is 2. The third-order valence-corrected chi connectivity index (χ3v) is 2.73. The molecule has 6 heteroatoms. The fourth-order valence-electron chi connectivity index (χ4n) is 1.60. The zero-order chi connectivity index (χ0) is 14.8. The van der Waals surface area contributed by atoms with Gasteiger partial charge >= 0.3 is 0 Å². The van der Waals surface area contributed by atoms with Crippen molar-refractivity contribution in [1.82, 2.24) is 20.2 Å². The molecule has 0 radical (unpaired) electrons. The molecule has 6 nitrogen and oxygen atoms in total. The maximum absolute atomic E-state index is 11.5. The van der Waals surface area contributed by atoms with Gasteiger partial charge in [-0.2, -0.15) is 0 Å². The van der Waals surface area contributed by atoms with Gasteiger partial charge in [0.25, 0.3) is 0 Å². The van der Waals surface area contributed by atoms with Crippen LogP contribution in [0.5, 0.6) is 0 Å². The number of nitrogens with one attached hydrogen (secondary N) is 2. The summed E-state index contributed by atoms with van der Waals surface area (Å²) in [6, 6.07) is 0. The molecule has 1 rings (SSSR count). The van der Waals surface area contributed by atoms with E-state index in [-0.39, 0.29) is 11.8 Å². The highest BCUT2D eigenvalue weighted by Crippen LogP contribution is 1.95. The zero-order valence-corrected chi connectivity index (χ0v) is 11.9. The van der Waals surface area contributed by atoms with Crippen LogP contribution in [0.15, 0.2) is 30.9 Å². The Morgan fingerprint density at radius 2 is 2.00 bits per heavy atom. The van der Waals surface area contributed by atoms with E-state index >= 15 is 0 Å². The van der Waals surface area contributed by atoms with E-state index in [4.69, 9.17) is 0 Å². The summed E-state index contributed by atoms with van der Waals surface area (Å²) in [5.74, 6) is -0.104. The summed E-state index contributed by atoms with van der Waals surface area (Å²) in [6.45, 7) is 7.12. The van der Waals surface area contributed by atoms with Crippen LogP contribution in [-0.4, -0.2) is 34.5 Å². The molecular weight excluding hydrogens is 256 g/mol. The number of aryl methyl sites for hydroxylation is 1. The minimum Gasteiger partial charge on any atom is -0.356 e. The molecule has 0 atom stereocenters. The van der Waals surface area contributed by atoms with Crippen molar-refractivity contribution in [3.8, 4) is 0 Å². The van der Waals surface area contributed by atoms with Gasteiger partial charge in [-0.05, 0) is 19.8 Å². The predicted molar refractivity (Wildman–Crippen MR) is 76.9 cm³/mol. The van der Waals surface area contributed by atoms with Gasteiger partial charge in [-0.15, -0.1) is 0 Å². The Morgan fingerprint density at radius 3 is 2.65 bits per heavy atom. The zero-order valence-electron chi connectivity index (χ0n) is 11.9. The SMILES string of the molecule is C=C(C)C(=O)NCCCNC(=O)CCCn1ccnc1. The van der Waals surface area contributed by atoms with Gasteiger partial charge in [-0.1, -0.05) is 6.58 Å². The average molecular weight is 278 g/mol. The lowest BCUT2D eigenvalue weighted by Crippen LogP contribution is -2.30. The Morgan fingerprint density at radius 1 is 1.25 bits per heavy atom. The van der Waals surface area contributed by atoms with Gasteiger partial charge in [0.15, 0.2) is 0 Å². The average Bonchev–Trinajstić information content (AvgIpc) is 2.91. The molecule has 0 saturated heterocycles. The van der Waals surface area contributed by atoms with Gasteiger partial charge in [0.05, 0.1) is 6.33 Å². The van der Waals surface area contributed by atoms with Crippen molar-refractivity contribution in [2.45, 2.75) is 32.7 Å². The normalized spacial score (nSPS) is 10.1. The van der Waals surface area contributed by atoms with E-state index in [9.17, 15) is 9.59 Å². The van der Waals surface area contributed by atoms with Crippen LogP contribution >= 0.6 is 0 Å². The Bertz CT molecular complexity index is 440. The molecule has 0 aromatic carbocycles. The minimum atomic E-state index is -0.142. The maximum atomic E-state index is 11.5. The molecular formula is C14H22N4O2. The summed E-state index contributed by atoms with van der Waals surface area (Å²) in [4.78, 5) is 26.7. The Labute approximate surface area is 119 Å². The van der Waals surface area contributed by atoms with Crippen LogP contribution in [0.4, 0.5) is 0 Å². The van der Waals surface area contributed by atoms with Gasteiger partial charge in [0.2, 0.25) is 11.8 Å². The summed E-state index contributed by atoms with van der Waals surface area (Å²) in [6.07, 6.45) is 7.33. The minimum absolute atomic E-state index is 0.0383. The quantitative estimate of drug-likeness (QED) is 0.519. The molecule has 1 heterocycles. The number of aromatic nitrogens is 2. The van der Waals surface area contributed by atoms with E-state index < -0.39 is 0 Å². The lowest BCUT2D eigenvalue weighted by atomic mass is 10.3. The number of rotatable bonds is 9. The Kier molecular flexibility index (Phi) is 7.10. The van der Waals surface area contributed by atoms with Crippen molar-refractivity contribution in [3.05, 3.63) is 30.9 Å². The molecule has 0 aliphatic rings. The molecule has 0 bridgehead atoms. The molecule has 20 heavy (non-hydrogen) atoms. The van der Waals surface area contributed by atoms with Gasteiger partial charge in [0.1, 0.15) is 0 Å². The summed E-state index contributed by atoms with van der Waals surface area (Å²) < 4.78 is 1.94. The van der Waals surface area contributed by atoms with E-state index in [1.807, 2.05) is 10.8 Å². The number of carbonyl (C=O) groups is 2. The Hall–Kier alpha value is -2.11. The number of imidazole rings is 1. The highest BCUT2D eigenvalue weighted by atomic mass is 16.2. The molecule has 1 aromatic heterocycles. The number of nitrogens with zero attached hydrogens (tertiary/aromatic N) is 2. The van der Waals surface area contributed by atoms with E-state index in [0.717, 1.165) is 13.0 Å². The van der Waals surface area contributed by atoms with Crippen molar-refractivity contribution >= 4 is 11.8 Å². The second-order valence-corrected chi connectivity index (χ2v) is 4.64. The molecule has 1 aromatic rings. The van der Waals surface area contributed by atoms with Crippen LogP contribution in [0.3, 0.4) is 0 Å².